The third-order valence-corrected chi connectivity index (χ3v) is 4.50. The fourth-order valence-corrected chi connectivity index (χ4v) is 3.15. The van der Waals surface area contributed by atoms with Crippen LogP contribution in [0.15, 0.2) is 54.6 Å². The van der Waals surface area contributed by atoms with Crippen molar-refractivity contribution in [2.75, 3.05) is 31.1 Å². The van der Waals surface area contributed by atoms with Gasteiger partial charge in [-0.1, -0.05) is 30.3 Å². The Morgan fingerprint density at radius 1 is 1.00 bits per heavy atom. The fraction of sp³-hybridized carbons (Fsp3) is 0.316. The first-order valence-electron chi connectivity index (χ1n) is 8.15. The molecule has 0 amide bonds. The Balaban J connectivity index is 1.63. The number of carboxylic acid groups (broad SMARTS) is 1. The van der Waals surface area contributed by atoms with E-state index in [0.717, 1.165) is 18.7 Å². The summed E-state index contributed by atoms with van der Waals surface area (Å²) < 4.78 is 13.0. The van der Waals surface area contributed by atoms with Crippen LogP contribution in [-0.2, 0) is 11.2 Å². The molecule has 5 heteroatoms. The zero-order chi connectivity index (χ0) is 16.9. The Kier molecular flexibility index (Phi) is 5.11. The minimum Gasteiger partial charge on any atom is -0.480 e. The zero-order valence-corrected chi connectivity index (χ0v) is 13.4. The van der Waals surface area contributed by atoms with Crippen molar-refractivity contribution >= 4 is 11.7 Å². The summed E-state index contributed by atoms with van der Waals surface area (Å²) in [5, 5.41) is 9.59. The highest BCUT2D eigenvalue weighted by Crippen LogP contribution is 2.18. The molecule has 0 radical (unpaired) electrons. The first kappa shape index (κ1) is 16.5. The molecule has 3 rings (SSSR count). The van der Waals surface area contributed by atoms with Crippen LogP contribution in [-0.4, -0.2) is 48.2 Å². The maximum Gasteiger partial charge on any atom is 0.321 e. The molecule has 0 spiro atoms. The van der Waals surface area contributed by atoms with Gasteiger partial charge in [0.25, 0.3) is 0 Å². The summed E-state index contributed by atoms with van der Waals surface area (Å²) in [6.45, 7) is 3.01. The fourth-order valence-electron chi connectivity index (χ4n) is 3.15. The Hall–Kier alpha value is -2.40. The number of hydrogen-bond acceptors (Lipinski definition) is 3. The van der Waals surface area contributed by atoms with E-state index in [-0.39, 0.29) is 5.82 Å². The second-order valence-electron chi connectivity index (χ2n) is 6.04. The van der Waals surface area contributed by atoms with Gasteiger partial charge in [0.05, 0.1) is 0 Å². The largest absolute Gasteiger partial charge is 0.480 e. The van der Waals surface area contributed by atoms with Gasteiger partial charge in [0.1, 0.15) is 11.9 Å². The number of hydrogen-bond donors (Lipinski definition) is 1. The molecule has 1 heterocycles. The van der Waals surface area contributed by atoms with Gasteiger partial charge in [-0.3, -0.25) is 9.69 Å². The van der Waals surface area contributed by atoms with Crippen LogP contribution in [0.2, 0.25) is 0 Å². The summed E-state index contributed by atoms with van der Waals surface area (Å²) in [7, 11) is 0. The van der Waals surface area contributed by atoms with Crippen LogP contribution >= 0.6 is 0 Å². The number of aliphatic carboxylic acids is 1. The topological polar surface area (TPSA) is 43.8 Å². The van der Waals surface area contributed by atoms with Crippen LogP contribution < -0.4 is 4.90 Å². The molecule has 1 fully saturated rings. The number of benzene rings is 2. The molecule has 1 saturated heterocycles. The van der Waals surface area contributed by atoms with Crippen LogP contribution in [0, 0.1) is 5.82 Å². The normalized spacial score (nSPS) is 16.8. The molecule has 4 nitrogen and oxygen atoms in total. The van der Waals surface area contributed by atoms with Crippen molar-refractivity contribution in [1.82, 2.24) is 4.90 Å². The average Bonchev–Trinajstić information content (AvgIpc) is 2.62. The zero-order valence-electron chi connectivity index (χ0n) is 13.4. The van der Waals surface area contributed by atoms with Gasteiger partial charge in [-0.05, 0) is 36.2 Å². The van der Waals surface area contributed by atoms with Crippen molar-refractivity contribution in [3.63, 3.8) is 0 Å². The lowest BCUT2D eigenvalue weighted by molar-refractivity contribution is -0.143. The Morgan fingerprint density at radius 2 is 1.62 bits per heavy atom. The molecule has 0 saturated carbocycles. The number of nitrogens with zero attached hydrogens (tertiary/aromatic N) is 2. The highest BCUT2D eigenvalue weighted by atomic mass is 19.1. The van der Waals surface area contributed by atoms with E-state index in [1.807, 2.05) is 23.1 Å². The molecule has 0 aromatic heterocycles. The predicted molar refractivity (Wildman–Crippen MR) is 91.8 cm³/mol. The third-order valence-electron chi connectivity index (χ3n) is 4.50. The Bertz CT molecular complexity index is 668. The minimum absolute atomic E-state index is 0.304. The molecule has 24 heavy (non-hydrogen) atoms. The Morgan fingerprint density at radius 3 is 2.21 bits per heavy atom. The van der Waals surface area contributed by atoms with E-state index in [4.69, 9.17) is 0 Å². The predicted octanol–water partition coefficient (Wildman–Crippen LogP) is 2.64. The number of carboxylic acids is 1. The number of anilines is 1. The van der Waals surface area contributed by atoms with Gasteiger partial charge < -0.3 is 10.0 Å². The number of halogens is 1. The maximum absolute atomic E-state index is 13.0. The summed E-state index contributed by atoms with van der Waals surface area (Å²) >= 11 is 0. The highest BCUT2D eigenvalue weighted by molar-refractivity contribution is 5.74. The van der Waals surface area contributed by atoms with Crippen LogP contribution in [0.5, 0.6) is 0 Å². The smallest absolute Gasteiger partial charge is 0.321 e. The van der Waals surface area contributed by atoms with Crippen molar-refractivity contribution in [1.29, 1.82) is 0 Å². The van der Waals surface area contributed by atoms with Crippen molar-refractivity contribution in [2.24, 2.45) is 0 Å². The number of piperazine rings is 1. The summed E-state index contributed by atoms with van der Waals surface area (Å²) in [4.78, 5) is 16.0. The quantitative estimate of drug-likeness (QED) is 0.916. The molecule has 2 aromatic carbocycles. The van der Waals surface area contributed by atoms with Gasteiger partial charge in [0, 0.05) is 31.9 Å². The average molecular weight is 328 g/mol. The van der Waals surface area contributed by atoms with Gasteiger partial charge in [-0.2, -0.15) is 0 Å². The third kappa shape index (κ3) is 3.92. The summed E-state index contributed by atoms with van der Waals surface area (Å²) in [5.41, 5.74) is 2.01. The molecular weight excluding hydrogens is 307 g/mol. The monoisotopic (exact) mass is 328 g/mol. The summed E-state index contributed by atoms with van der Waals surface area (Å²) in [5.74, 6) is -1.13. The Labute approximate surface area is 141 Å². The molecule has 1 N–H and O–H groups in total. The van der Waals surface area contributed by atoms with Crippen LogP contribution in [0.25, 0.3) is 0 Å². The van der Waals surface area contributed by atoms with Crippen molar-refractivity contribution < 1.29 is 14.3 Å². The van der Waals surface area contributed by atoms with E-state index in [0.29, 0.717) is 19.5 Å². The molecule has 126 valence electrons. The van der Waals surface area contributed by atoms with E-state index in [1.54, 1.807) is 12.1 Å². The van der Waals surface area contributed by atoms with Crippen LogP contribution in [0.4, 0.5) is 10.1 Å². The summed E-state index contributed by atoms with van der Waals surface area (Å²) in [6, 6.07) is 15.6. The van der Waals surface area contributed by atoms with Gasteiger partial charge in [-0.25, -0.2) is 4.39 Å². The highest BCUT2D eigenvalue weighted by Gasteiger charge is 2.29. The van der Waals surface area contributed by atoms with Crippen LogP contribution in [0.3, 0.4) is 0 Å². The first-order valence-corrected chi connectivity index (χ1v) is 8.15. The SMILES string of the molecule is O=C(O)C(Cc1ccc(F)cc1)N1CCN(c2ccccc2)CC1. The van der Waals surface area contributed by atoms with E-state index in [1.165, 1.54) is 17.8 Å². The van der Waals surface area contributed by atoms with Gasteiger partial charge in [0.2, 0.25) is 0 Å². The van der Waals surface area contributed by atoms with Crippen molar-refractivity contribution in [3.05, 3.63) is 66.0 Å². The van der Waals surface area contributed by atoms with E-state index >= 15 is 0 Å². The molecule has 0 bridgehead atoms. The van der Waals surface area contributed by atoms with E-state index in [2.05, 4.69) is 17.0 Å². The lowest BCUT2D eigenvalue weighted by Crippen LogP contribution is -2.53. The second-order valence-corrected chi connectivity index (χ2v) is 6.04. The van der Waals surface area contributed by atoms with E-state index in [9.17, 15) is 14.3 Å². The molecule has 2 aromatic rings. The number of carbonyl (C=O) groups is 1. The molecular formula is C19H21FN2O2. The van der Waals surface area contributed by atoms with Crippen molar-refractivity contribution in [2.45, 2.75) is 12.5 Å². The minimum atomic E-state index is -0.826. The standard InChI is InChI=1S/C19H21FN2O2/c20-16-8-6-15(7-9-16)14-18(19(23)24)22-12-10-21(11-13-22)17-4-2-1-3-5-17/h1-9,18H,10-14H2,(H,23,24). The molecule has 1 atom stereocenters. The molecule has 1 unspecified atom stereocenters. The lowest BCUT2D eigenvalue weighted by Gasteiger charge is -2.38. The van der Waals surface area contributed by atoms with Gasteiger partial charge in [-0.15, -0.1) is 0 Å². The van der Waals surface area contributed by atoms with Crippen molar-refractivity contribution in [3.8, 4) is 0 Å². The molecule has 0 aliphatic carbocycles. The number of para-hydroxylation sites is 1. The van der Waals surface area contributed by atoms with Crippen LogP contribution in [0.1, 0.15) is 5.56 Å². The molecule has 1 aliphatic heterocycles. The van der Waals surface area contributed by atoms with E-state index < -0.39 is 12.0 Å². The van der Waals surface area contributed by atoms with Gasteiger partial charge >= 0.3 is 5.97 Å². The lowest BCUT2D eigenvalue weighted by atomic mass is 10.0. The summed E-state index contributed by atoms with van der Waals surface area (Å²) in [6.07, 6.45) is 0.390. The van der Waals surface area contributed by atoms with Gasteiger partial charge in [0.15, 0.2) is 0 Å². The maximum atomic E-state index is 13.0. The number of rotatable bonds is 5. The second kappa shape index (κ2) is 7.45. The first-order chi connectivity index (χ1) is 11.6. The molecule has 1 aliphatic rings.